The van der Waals surface area contributed by atoms with E-state index in [1.165, 1.54) is 12.8 Å². The maximum atomic E-state index is 14.1. The standard InChI is InChI=1S/C20H28FN5O2/c1-14-2-4-15(5-3-14)13-28-19-18(21)11-22-20(25-19)24-16-10-23-26(12-16)17-6-8-27-9-7-17/h10-12,14-15,17H,2-9,13H2,1H3,(H,22,24,25). The number of ether oxygens (including phenoxy) is 2. The zero-order valence-corrected chi connectivity index (χ0v) is 16.3. The van der Waals surface area contributed by atoms with E-state index < -0.39 is 5.82 Å². The summed E-state index contributed by atoms with van der Waals surface area (Å²) in [4.78, 5) is 8.24. The van der Waals surface area contributed by atoms with Crippen LogP contribution in [0, 0.1) is 17.7 Å². The quantitative estimate of drug-likeness (QED) is 0.801. The molecule has 2 aromatic rings. The van der Waals surface area contributed by atoms with Crippen molar-refractivity contribution in [2.45, 2.75) is 51.5 Å². The summed E-state index contributed by atoms with van der Waals surface area (Å²) in [6.07, 6.45) is 11.4. The number of anilines is 2. The first-order chi connectivity index (χ1) is 13.7. The van der Waals surface area contributed by atoms with Gasteiger partial charge in [-0.1, -0.05) is 19.8 Å². The number of hydrogen-bond donors (Lipinski definition) is 1. The molecule has 2 aliphatic rings. The van der Waals surface area contributed by atoms with Crippen LogP contribution in [0.1, 0.15) is 51.5 Å². The van der Waals surface area contributed by atoms with Gasteiger partial charge in [0, 0.05) is 19.4 Å². The van der Waals surface area contributed by atoms with Crippen LogP contribution >= 0.6 is 0 Å². The van der Waals surface area contributed by atoms with Crippen LogP contribution in [0.25, 0.3) is 0 Å². The van der Waals surface area contributed by atoms with E-state index in [0.717, 1.165) is 56.7 Å². The SMILES string of the molecule is CC1CCC(COc2nc(Nc3cnn(C4CCOCC4)c3)ncc2F)CC1. The Hall–Kier alpha value is -2.22. The summed E-state index contributed by atoms with van der Waals surface area (Å²) in [5.74, 6) is 1.03. The largest absolute Gasteiger partial charge is 0.475 e. The Kier molecular flexibility index (Phi) is 6.04. The van der Waals surface area contributed by atoms with Gasteiger partial charge in [0.05, 0.1) is 30.7 Å². The summed E-state index contributed by atoms with van der Waals surface area (Å²) >= 11 is 0. The molecule has 7 nitrogen and oxygen atoms in total. The normalized spacial score (nSPS) is 23.5. The predicted molar refractivity (Wildman–Crippen MR) is 103 cm³/mol. The molecule has 3 heterocycles. The zero-order chi connectivity index (χ0) is 19.3. The van der Waals surface area contributed by atoms with Crippen molar-refractivity contribution < 1.29 is 13.9 Å². The highest BCUT2D eigenvalue weighted by Gasteiger charge is 2.20. The molecule has 28 heavy (non-hydrogen) atoms. The highest BCUT2D eigenvalue weighted by atomic mass is 19.1. The molecule has 1 saturated heterocycles. The van der Waals surface area contributed by atoms with Crippen LogP contribution in [0.5, 0.6) is 5.88 Å². The summed E-state index contributed by atoms with van der Waals surface area (Å²) in [5.41, 5.74) is 0.769. The third-order valence-corrected chi connectivity index (χ3v) is 5.73. The maximum Gasteiger partial charge on any atom is 0.255 e. The van der Waals surface area contributed by atoms with Gasteiger partial charge in [0.1, 0.15) is 0 Å². The Labute approximate surface area is 164 Å². The van der Waals surface area contributed by atoms with Crippen molar-refractivity contribution in [1.29, 1.82) is 0 Å². The van der Waals surface area contributed by atoms with Gasteiger partial charge in [-0.2, -0.15) is 14.5 Å². The molecule has 0 radical (unpaired) electrons. The van der Waals surface area contributed by atoms with Crippen LogP contribution in [0.3, 0.4) is 0 Å². The minimum atomic E-state index is -0.535. The van der Waals surface area contributed by atoms with Crippen molar-refractivity contribution >= 4 is 11.6 Å². The van der Waals surface area contributed by atoms with Gasteiger partial charge in [0.2, 0.25) is 11.8 Å². The second-order valence-corrected chi connectivity index (χ2v) is 7.96. The molecule has 0 amide bonds. The van der Waals surface area contributed by atoms with Crippen LogP contribution in [0.2, 0.25) is 0 Å². The average Bonchev–Trinajstić information content (AvgIpc) is 3.19. The van der Waals surface area contributed by atoms with Crippen LogP contribution in [-0.4, -0.2) is 39.6 Å². The van der Waals surface area contributed by atoms with Crippen molar-refractivity contribution in [2.24, 2.45) is 11.8 Å². The monoisotopic (exact) mass is 389 g/mol. The summed E-state index contributed by atoms with van der Waals surface area (Å²) < 4.78 is 27.1. The van der Waals surface area contributed by atoms with Gasteiger partial charge in [0.15, 0.2) is 0 Å². The lowest BCUT2D eigenvalue weighted by Crippen LogP contribution is -2.19. The lowest BCUT2D eigenvalue weighted by Gasteiger charge is -2.25. The van der Waals surface area contributed by atoms with E-state index in [0.29, 0.717) is 24.5 Å². The Morgan fingerprint density at radius 3 is 2.75 bits per heavy atom. The molecule has 4 rings (SSSR count). The van der Waals surface area contributed by atoms with Gasteiger partial charge in [-0.05, 0) is 37.5 Å². The van der Waals surface area contributed by atoms with Gasteiger partial charge in [-0.25, -0.2) is 4.98 Å². The number of aromatic nitrogens is 4. The fourth-order valence-corrected chi connectivity index (χ4v) is 3.89. The molecule has 0 atom stereocenters. The van der Waals surface area contributed by atoms with Gasteiger partial charge in [-0.15, -0.1) is 0 Å². The number of nitrogens with one attached hydrogen (secondary N) is 1. The first-order valence-electron chi connectivity index (χ1n) is 10.2. The molecule has 2 aromatic heterocycles. The minimum absolute atomic E-state index is 0.00735. The highest BCUT2D eigenvalue weighted by molar-refractivity contribution is 5.50. The Balaban J connectivity index is 1.36. The van der Waals surface area contributed by atoms with Crippen molar-refractivity contribution in [3.63, 3.8) is 0 Å². The summed E-state index contributed by atoms with van der Waals surface area (Å²) in [6.45, 7) is 4.30. The second-order valence-electron chi connectivity index (χ2n) is 7.96. The van der Waals surface area contributed by atoms with Gasteiger partial charge in [-0.3, -0.25) is 4.68 Å². The third kappa shape index (κ3) is 4.79. The van der Waals surface area contributed by atoms with Gasteiger partial charge in [0.25, 0.3) is 5.88 Å². The van der Waals surface area contributed by atoms with Crippen LogP contribution in [-0.2, 0) is 4.74 Å². The number of rotatable bonds is 6. The molecule has 1 N–H and O–H groups in total. The van der Waals surface area contributed by atoms with Gasteiger partial charge < -0.3 is 14.8 Å². The van der Waals surface area contributed by atoms with Crippen molar-refractivity contribution in [2.75, 3.05) is 25.1 Å². The smallest absolute Gasteiger partial charge is 0.255 e. The Morgan fingerprint density at radius 1 is 1.18 bits per heavy atom. The van der Waals surface area contributed by atoms with Crippen LogP contribution in [0.15, 0.2) is 18.6 Å². The molecule has 0 bridgehead atoms. The number of hydrogen-bond acceptors (Lipinski definition) is 6. The molecular weight excluding hydrogens is 361 g/mol. The highest BCUT2D eigenvalue weighted by Crippen LogP contribution is 2.29. The second kappa shape index (κ2) is 8.86. The molecule has 2 fully saturated rings. The molecule has 1 aliphatic carbocycles. The molecular formula is C20H28FN5O2. The fraction of sp³-hybridized carbons (Fsp3) is 0.650. The lowest BCUT2D eigenvalue weighted by atomic mass is 9.83. The summed E-state index contributed by atoms with van der Waals surface area (Å²) in [7, 11) is 0. The maximum absolute atomic E-state index is 14.1. The van der Waals surface area contributed by atoms with E-state index in [1.807, 2.05) is 10.9 Å². The molecule has 8 heteroatoms. The zero-order valence-electron chi connectivity index (χ0n) is 16.3. The Bertz CT molecular complexity index is 770. The van der Waals surface area contributed by atoms with E-state index in [4.69, 9.17) is 9.47 Å². The van der Waals surface area contributed by atoms with E-state index >= 15 is 0 Å². The van der Waals surface area contributed by atoms with Crippen LogP contribution < -0.4 is 10.1 Å². The molecule has 0 aromatic carbocycles. The molecule has 0 unspecified atom stereocenters. The molecule has 0 spiro atoms. The van der Waals surface area contributed by atoms with E-state index in [2.05, 4.69) is 27.3 Å². The predicted octanol–water partition coefficient (Wildman–Crippen LogP) is 4.11. The van der Waals surface area contributed by atoms with Crippen molar-refractivity contribution in [3.8, 4) is 5.88 Å². The number of halogens is 1. The van der Waals surface area contributed by atoms with Crippen molar-refractivity contribution in [1.82, 2.24) is 19.7 Å². The minimum Gasteiger partial charge on any atom is -0.475 e. The first kappa shape index (κ1) is 19.1. The molecule has 152 valence electrons. The summed E-state index contributed by atoms with van der Waals surface area (Å²) in [5, 5.41) is 7.51. The third-order valence-electron chi connectivity index (χ3n) is 5.73. The fourth-order valence-electron chi connectivity index (χ4n) is 3.89. The number of nitrogens with zero attached hydrogens (tertiary/aromatic N) is 4. The topological polar surface area (TPSA) is 74.1 Å². The van der Waals surface area contributed by atoms with E-state index in [-0.39, 0.29) is 5.88 Å². The molecule has 1 aliphatic heterocycles. The summed E-state index contributed by atoms with van der Waals surface area (Å²) in [6, 6.07) is 0.343. The Morgan fingerprint density at radius 2 is 1.96 bits per heavy atom. The van der Waals surface area contributed by atoms with Crippen molar-refractivity contribution in [3.05, 3.63) is 24.4 Å². The average molecular weight is 389 g/mol. The van der Waals surface area contributed by atoms with E-state index in [1.54, 1.807) is 6.20 Å². The van der Waals surface area contributed by atoms with E-state index in [9.17, 15) is 4.39 Å². The van der Waals surface area contributed by atoms with Crippen LogP contribution in [0.4, 0.5) is 16.0 Å². The van der Waals surface area contributed by atoms with Gasteiger partial charge >= 0.3 is 0 Å². The lowest BCUT2D eigenvalue weighted by molar-refractivity contribution is 0.0662. The molecule has 1 saturated carbocycles. The first-order valence-corrected chi connectivity index (χ1v) is 10.2.